The molecule has 14 nitrogen and oxygen atoms in total. The van der Waals surface area contributed by atoms with Gasteiger partial charge in [-0.1, -0.05) is 71.6 Å². The Morgan fingerprint density at radius 2 is 1.70 bits per heavy atom. The lowest BCUT2D eigenvalue weighted by Crippen LogP contribution is -2.54. The Bertz CT molecular complexity index is 1540. The Hall–Kier alpha value is -4.11. The number of amides is 2. The van der Waals surface area contributed by atoms with Crippen molar-refractivity contribution < 1.29 is 57.9 Å². The van der Waals surface area contributed by atoms with Gasteiger partial charge in [-0.25, -0.2) is 14.4 Å². The Kier molecular flexibility index (Phi) is 15.4. The van der Waals surface area contributed by atoms with Crippen molar-refractivity contribution in [2.24, 2.45) is 5.41 Å². The van der Waals surface area contributed by atoms with Gasteiger partial charge in [0, 0.05) is 42.9 Å². The van der Waals surface area contributed by atoms with Crippen molar-refractivity contribution >= 4 is 35.8 Å². The Morgan fingerprint density at radius 1 is 1.02 bits per heavy atom. The summed E-state index contributed by atoms with van der Waals surface area (Å²) in [5, 5.41) is 24.5. The maximum Gasteiger partial charge on any atom is 0.348 e. The van der Waals surface area contributed by atoms with Gasteiger partial charge >= 0.3 is 17.9 Å². The fraction of sp³-hybridized carbons (Fsp3) is 0.625. The van der Waals surface area contributed by atoms with E-state index in [0.717, 1.165) is 44.6 Å². The van der Waals surface area contributed by atoms with E-state index in [1.165, 1.54) is 13.0 Å². The van der Waals surface area contributed by atoms with Crippen molar-refractivity contribution in [3.63, 3.8) is 0 Å². The molecule has 0 aromatic heterocycles. The predicted octanol–water partition coefficient (Wildman–Crippen LogP) is 3.67. The summed E-state index contributed by atoms with van der Waals surface area (Å²) in [5.74, 6) is -4.43. The van der Waals surface area contributed by atoms with Gasteiger partial charge in [-0.3, -0.25) is 9.59 Å². The highest BCUT2D eigenvalue weighted by Gasteiger charge is 2.53. The maximum atomic E-state index is 13.9. The van der Waals surface area contributed by atoms with Gasteiger partial charge < -0.3 is 44.5 Å². The van der Waals surface area contributed by atoms with Crippen LogP contribution >= 0.6 is 0 Å². The third-order valence-corrected chi connectivity index (χ3v) is 9.84. The molecule has 0 radical (unpaired) electrons. The molecule has 2 fully saturated rings. The van der Waals surface area contributed by atoms with E-state index in [9.17, 15) is 29.1 Å². The maximum absolute atomic E-state index is 13.9. The minimum atomic E-state index is -1.32. The summed E-state index contributed by atoms with van der Waals surface area (Å²) in [5.41, 5.74) is -0.0337. The zero-order valence-electron chi connectivity index (χ0n) is 32.0. The molecule has 2 heterocycles. The summed E-state index contributed by atoms with van der Waals surface area (Å²) in [7, 11) is 0. The second-order valence-corrected chi connectivity index (χ2v) is 14.9. The van der Waals surface area contributed by atoms with Crippen LogP contribution in [0.15, 0.2) is 42.0 Å². The SMILES string of the molecule is CCCCCC1(CCCCC)O[C@@H]2[C@@H](C=C(C(=O)N[C@@H](C(=O)NCCO)[C@H](C)O)C[C@H]2OC(=O)c2ccccc2C=CC(=O)O[C@H]2C(=O)OCC2(C)C)O1. The highest BCUT2D eigenvalue weighted by molar-refractivity contribution is 5.98. The predicted molar refractivity (Wildman–Crippen MR) is 196 cm³/mol. The number of carbonyl (C=O) groups excluding carboxylic acids is 5. The van der Waals surface area contributed by atoms with E-state index in [1.807, 2.05) is 0 Å². The third kappa shape index (κ3) is 11.0. The molecule has 0 unspecified atom stereocenters. The first kappa shape index (κ1) is 42.6. The molecule has 0 saturated carbocycles. The molecule has 1 aliphatic carbocycles. The van der Waals surface area contributed by atoms with Gasteiger partial charge in [-0.05, 0) is 43.5 Å². The van der Waals surface area contributed by atoms with Crippen LogP contribution in [0.5, 0.6) is 0 Å². The summed E-state index contributed by atoms with van der Waals surface area (Å²) >= 11 is 0. The lowest BCUT2D eigenvalue weighted by Gasteiger charge is -2.31. The minimum Gasteiger partial charge on any atom is -0.462 e. The van der Waals surface area contributed by atoms with E-state index in [2.05, 4.69) is 24.5 Å². The number of aliphatic hydroxyl groups excluding tert-OH is 2. The molecule has 14 heteroatoms. The first-order valence-electron chi connectivity index (χ1n) is 19.0. The molecule has 2 saturated heterocycles. The monoisotopic (exact) mass is 756 g/mol. The van der Waals surface area contributed by atoms with Crippen molar-refractivity contribution in [2.75, 3.05) is 19.8 Å². The molecule has 1 aromatic carbocycles. The molecule has 2 amide bonds. The molecule has 54 heavy (non-hydrogen) atoms. The van der Waals surface area contributed by atoms with Crippen LogP contribution in [-0.4, -0.2) is 102 Å². The number of ether oxygens (including phenoxy) is 5. The number of benzene rings is 1. The van der Waals surface area contributed by atoms with E-state index in [-0.39, 0.29) is 37.3 Å². The summed E-state index contributed by atoms with van der Waals surface area (Å²) in [6.07, 6.45) is 6.13. The zero-order chi connectivity index (χ0) is 39.5. The molecule has 298 valence electrons. The van der Waals surface area contributed by atoms with Crippen LogP contribution in [0.1, 0.15) is 108 Å². The largest absolute Gasteiger partial charge is 0.462 e. The molecule has 4 rings (SSSR count). The zero-order valence-corrected chi connectivity index (χ0v) is 32.0. The van der Waals surface area contributed by atoms with Crippen LogP contribution in [0.25, 0.3) is 6.08 Å². The number of rotatable bonds is 19. The molecular formula is C40H56N2O12. The number of aliphatic hydroxyl groups is 2. The van der Waals surface area contributed by atoms with Gasteiger partial charge in [0.1, 0.15) is 31.0 Å². The number of fused-ring (bicyclic) bond motifs is 1. The Labute approximate surface area is 317 Å². The highest BCUT2D eigenvalue weighted by Crippen LogP contribution is 2.43. The fourth-order valence-electron chi connectivity index (χ4n) is 6.81. The first-order valence-corrected chi connectivity index (χ1v) is 19.0. The summed E-state index contributed by atoms with van der Waals surface area (Å²) in [6, 6.07) is 5.17. The van der Waals surface area contributed by atoms with Crippen LogP contribution in [0, 0.1) is 5.41 Å². The highest BCUT2D eigenvalue weighted by atomic mass is 16.8. The minimum absolute atomic E-state index is 0.0586. The van der Waals surface area contributed by atoms with E-state index in [4.69, 9.17) is 28.8 Å². The van der Waals surface area contributed by atoms with Crippen molar-refractivity contribution in [1.82, 2.24) is 10.6 Å². The first-order chi connectivity index (χ1) is 25.7. The van der Waals surface area contributed by atoms with E-state index < -0.39 is 77.5 Å². The summed E-state index contributed by atoms with van der Waals surface area (Å²) < 4.78 is 29.9. The molecule has 0 spiro atoms. The number of cyclic esters (lactones) is 1. The van der Waals surface area contributed by atoms with Gasteiger partial charge in [0.2, 0.25) is 17.9 Å². The molecule has 1 aromatic rings. The third-order valence-electron chi connectivity index (χ3n) is 9.84. The second-order valence-electron chi connectivity index (χ2n) is 14.9. The number of esters is 3. The summed E-state index contributed by atoms with van der Waals surface area (Å²) in [6.45, 7) is 8.84. The number of nitrogens with one attached hydrogen (secondary N) is 2. The topological polar surface area (TPSA) is 196 Å². The molecular weight excluding hydrogens is 700 g/mol. The van der Waals surface area contributed by atoms with Crippen LogP contribution in [0.3, 0.4) is 0 Å². The average molecular weight is 757 g/mol. The standard InChI is InChI=1S/C40H56N2O12/c1-6-8-12-18-40(19-13-9-7-2)53-30-23-27(35(46)42-32(25(3)44)36(47)41-20-21-43)22-29(33(30)54-40)51-37(48)28-15-11-10-14-26(28)16-17-31(45)52-34-38(49)50-24-39(34,4)5/h10-11,14-17,23,25,29-30,32-34,43-44H,6-9,12-13,18-22,24H2,1-5H3,(H,41,47)(H,42,46)/t25-,29+,30+,32+,33-,34-/m0/s1. The molecule has 2 aliphatic heterocycles. The van der Waals surface area contributed by atoms with Gasteiger partial charge in [-0.15, -0.1) is 0 Å². The lowest BCUT2D eigenvalue weighted by molar-refractivity contribution is -0.190. The van der Waals surface area contributed by atoms with Gasteiger partial charge in [0.25, 0.3) is 0 Å². The quantitative estimate of drug-likeness (QED) is 0.0694. The Balaban J connectivity index is 1.59. The molecule has 0 bridgehead atoms. The van der Waals surface area contributed by atoms with Crippen LogP contribution in [-0.2, 0) is 42.9 Å². The van der Waals surface area contributed by atoms with Gasteiger partial charge in [0.05, 0.1) is 18.3 Å². The van der Waals surface area contributed by atoms with Crippen molar-refractivity contribution in [2.45, 2.75) is 135 Å². The molecule has 6 atom stereocenters. The van der Waals surface area contributed by atoms with E-state index in [0.29, 0.717) is 18.4 Å². The fourth-order valence-corrected chi connectivity index (χ4v) is 6.81. The second kappa shape index (κ2) is 19.5. The number of carbonyl (C=O) groups is 5. The van der Waals surface area contributed by atoms with Crippen LogP contribution in [0.2, 0.25) is 0 Å². The van der Waals surface area contributed by atoms with E-state index in [1.54, 1.807) is 44.2 Å². The van der Waals surface area contributed by atoms with Crippen molar-refractivity contribution in [3.8, 4) is 0 Å². The molecule has 4 N–H and O–H groups in total. The van der Waals surface area contributed by atoms with Gasteiger partial charge in [0.15, 0.2) is 5.79 Å². The van der Waals surface area contributed by atoms with Crippen LogP contribution in [0.4, 0.5) is 0 Å². The summed E-state index contributed by atoms with van der Waals surface area (Å²) in [4.78, 5) is 65.2. The van der Waals surface area contributed by atoms with Crippen molar-refractivity contribution in [1.29, 1.82) is 0 Å². The number of unbranched alkanes of at least 4 members (excludes halogenated alkanes) is 4. The van der Waals surface area contributed by atoms with Crippen molar-refractivity contribution in [3.05, 3.63) is 53.1 Å². The normalized spacial score (nSPS) is 23.8. The lowest BCUT2D eigenvalue weighted by atomic mass is 9.90. The van der Waals surface area contributed by atoms with E-state index >= 15 is 0 Å². The number of hydrogen-bond acceptors (Lipinski definition) is 12. The Morgan fingerprint density at radius 3 is 2.31 bits per heavy atom. The molecule has 3 aliphatic rings. The number of hydrogen-bond donors (Lipinski definition) is 4. The van der Waals surface area contributed by atoms with Gasteiger partial charge in [-0.2, -0.15) is 0 Å². The average Bonchev–Trinajstić information content (AvgIpc) is 3.63. The smallest absolute Gasteiger partial charge is 0.348 e. The van der Waals surface area contributed by atoms with Crippen LogP contribution < -0.4 is 10.6 Å².